The zero-order chi connectivity index (χ0) is 26.2. The lowest BCUT2D eigenvalue weighted by Crippen LogP contribution is -2.35. The number of nitrogens with zero attached hydrogens (tertiary/aromatic N) is 8. The molecule has 4 aromatic rings. The summed E-state index contributed by atoms with van der Waals surface area (Å²) in [7, 11) is 0. The third-order valence-corrected chi connectivity index (χ3v) is 5.66. The zero-order valence-corrected chi connectivity index (χ0v) is 21.2. The standard InChI is InChI=1S/C17H15N9.C8H15NO2/c1-10(2)23-14-4-16(19-8-13(14)15-9-21-25-24-15)26-17-12(7-22-26)3-11(5-18)6-20-17;1-2-11-8(10)9-6-4-3-5-7-9/h3-4,6-10H,1-2H3,(H,19,23)(H,21,24,25);2-7H2,1H3. The van der Waals surface area contributed by atoms with Crippen molar-refractivity contribution in [3.05, 3.63) is 42.5 Å². The predicted octanol–water partition coefficient (Wildman–Crippen LogP) is 3.92. The fourth-order valence-corrected chi connectivity index (χ4v) is 3.97. The first kappa shape index (κ1) is 25.6. The number of fused-ring (bicyclic) bond motifs is 1. The summed E-state index contributed by atoms with van der Waals surface area (Å²) in [6, 6.07) is 5.96. The number of nitrogens with one attached hydrogen (secondary N) is 2. The summed E-state index contributed by atoms with van der Waals surface area (Å²) in [5.74, 6) is 0.618. The van der Waals surface area contributed by atoms with Gasteiger partial charge in [-0.2, -0.15) is 30.5 Å². The molecule has 0 bridgehead atoms. The van der Waals surface area contributed by atoms with Gasteiger partial charge in [0, 0.05) is 54.2 Å². The monoisotopic (exact) mass is 502 g/mol. The van der Waals surface area contributed by atoms with Crippen LogP contribution < -0.4 is 5.32 Å². The van der Waals surface area contributed by atoms with Gasteiger partial charge < -0.3 is 15.0 Å². The fraction of sp³-hybridized carbons (Fsp3) is 0.400. The van der Waals surface area contributed by atoms with Crippen LogP contribution in [0.15, 0.2) is 36.9 Å². The molecule has 5 rings (SSSR count). The van der Waals surface area contributed by atoms with Gasteiger partial charge in [-0.1, -0.05) is 0 Å². The molecule has 1 aliphatic rings. The lowest BCUT2D eigenvalue weighted by Gasteiger charge is -2.25. The second kappa shape index (κ2) is 11.9. The maximum absolute atomic E-state index is 11.1. The van der Waals surface area contributed by atoms with E-state index in [2.05, 4.69) is 55.7 Å². The zero-order valence-electron chi connectivity index (χ0n) is 21.2. The molecule has 1 aliphatic heterocycles. The van der Waals surface area contributed by atoms with Gasteiger partial charge in [0.25, 0.3) is 0 Å². The molecule has 1 saturated heterocycles. The van der Waals surface area contributed by atoms with Crippen LogP contribution in [0.4, 0.5) is 10.5 Å². The van der Waals surface area contributed by atoms with Gasteiger partial charge in [-0.05, 0) is 46.1 Å². The van der Waals surface area contributed by atoms with Gasteiger partial charge in [-0.3, -0.25) is 0 Å². The second-order valence-corrected chi connectivity index (χ2v) is 8.79. The average Bonchev–Trinajstić information content (AvgIpc) is 3.59. The Kier molecular flexibility index (Phi) is 8.25. The number of aromatic nitrogens is 7. The van der Waals surface area contributed by atoms with Crippen molar-refractivity contribution in [2.24, 2.45) is 0 Å². The molecule has 12 nitrogen and oxygen atoms in total. The van der Waals surface area contributed by atoms with Crippen molar-refractivity contribution in [2.75, 3.05) is 25.0 Å². The molecule has 12 heteroatoms. The number of hydrogen-bond acceptors (Lipinski definition) is 9. The van der Waals surface area contributed by atoms with E-state index in [9.17, 15) is 4.79 Å². The van der Waals surface area contributed by atoms with Gasteiger partial charge in [0.1, 0.15) is 11.8 Å². The summed E-state index contributed by atoms with van der Waals surface area (Å²) < 4.78 is 6.52. The second-order valence-electron chi connectivity index (χ2n) is 8.79. The number of carbonyl (C=O) groups excluding carboxylic acids is 1. The van der Waals surface area contributed by atoms with Crippen molar-refractivity contribution < 1.29 is 9.53 Å². The molecule has 0 aliphatic carbocycles. The Balaban J connectivity index is 0.000000245. The van der Waals surface area contributed by atoms with Crippen LogP contribution in [0.1, 0.15) is 45.6 Å². The van der Waals surface area contributed by atoms with E-state index >= 15 is 0 Å². The number of pyridine rings is 2. The van der Waals surface area contributed by atoms with Crippen molar-refractivity contribution in [2.45, 2.75) is 46.1 Å². The molecule has 0 radical (unpaired) electrons. The molecule has 0 atom stereocenters. The molecule has 5 heterocycles. The molecule has 0 unspecified atom stereocenters. The van der Waals surface area contributed by atoms with Gasteiger partial charge in [0.05, 0.1) is 24.6 Å². The number of hydrogen-bond donors (Lipinski definition) is 2. The van der Waals surface area contributed by atoms with Crippen LogP contribution in [-0.2, 0) is 4.74 Å². The number of amides is 1. The lowest BCUT2D eigenvalue weighted by atomic mass is 10.1. The number of aromatic amines is 1. The normalized spacial score (nSPS) is 13.1. The van der Waals surface area contributed by atoms with Gasteiger partial charge in [0.2, 0.25) is 0 Å². The van der Waals surface area contributed by atoms with Crippen LogP contribution in [0.25, 0.3) is 28.1 Å². The van der Waals surface area contributed by atoms with Gasteiger partial charge in [-0.15, -0.1) is 0 Å². The van der Waals surface area contributed by atoms with Crippen LogP contribution in [0.5, 0.6) is 0 Å². The number of likely N-dealkylation sites (tertiary alicyclic amines) is 1. The Hall–Kier alpha value is -4.53. The lowest BCUT2D eigenvalue weighted by molar-refractivity contribution is 0.0997. The summed E-state index contributed by atoms with van der Waals surface area (Å²) >= 11 is 0. The van der Waals surface area contributed by atoms with E-state index in [1.807, 2.05) is 13.0 Å². The first-order chi connectivity index (χ1) is 18.0. The Labute approximate surface area is 214 Å². The fourth-order valence-electron chi connectivity index (χ4n) is 3.97. The van der Waals surface area contributed by atoms with E-state index in [0.717, 1.165) is 42.6 Å². The van der Waals surface area contributed by atoms with Gasteiger partial charge in [0.15, 0.2) is 11.5 Å². The molecular formula is C25H30N10O2. The van der Waals surface area contributed by atoms with E-state index in [1.54, 1.807) is 34.2 Å². The first-order valence-electron chi connectivity index (χ1n) is 12.3. The summed E-state index contributed by atoms with van der Waals surface area (Å²) in [6.07, 6.45) is 9.93. The predicted molar refractivity (Wildman–Crippen MR) is 138 cm³/mol. The highest BCUT2D eigenvalue weighted by molar-refractivity contribution is 5.79. The Morgan fingerprint density at radius 2 is 1.97 bits per heavy atom. The molecule has 192 valence electrons. The first-order valence-corrected chi connectivity index (χ1v) is 12.3. The average molecular weight is 503 g/mol. The number of H-pyrrole nitrogens is 1. The number of anilines is 1. The Morgan fingerprint density at radius 1 is 1.16 bits per heavy atom. The topological polar surface area (TPSA) is 151 Å². The SMILES string of the molecule is CC(C)Nc1cc(-n2ncc3cc(C#N)cnc32)ncc1-c1cn[nH]n1.CCOC(=O)N1CCCCC1. The van der Waals surface area contributed by atoms with E-state index < -0.39 is 0 Å². The number of rotatable bonds is 5. The minimum atomic E-state index is -0.146. The minimum Gasteiger partial charge on any atom is -0.450 e. The van der Waals surface area contributed by atoms with Crippen LogP contribution >= 0.6 is 0 Å². The van der Waals surface area contributed by atoms with Crippen molar-refractivity contribution in [1.29, 1.82) is 5.26 Å². The number of ether oxygens (including phenoxy) is 1. The summed E-state index contributed by atoms with van der Waals surface area (Å²) in [5.41, 5.74) is 3.55. The molecule has 0 saturated carbocycles. The van der Waals surface area contributed by atoms with Crippen molar-refractivity contribution in [1.82, 2.24) is 40.1 Å². The van der Waals surface area contributed by atoms with Crippen molar-refractivity contribution in [3.8, 4) is 23.1 Å². The molecule has 37 heavy (non-hydrogen) atoms. The molecular weight excluding hydrogens is 472 g/mol. The van der Waals surface area contributed by atoms with Crippen molar-refractivity contribution >= 4 is 22.8 Å². The molecule has 2 N–H and O–H groups in total. The summed E-state index contributed by atoms with van der Waals surface area (Å²) in [6.45, 7) is 8.18. The van der Waals surface area contributed by atoms with E-state index in [1.165, 1.54) is 12.6 Å². The summed E-state index contributed by atoms with van der Waals surface area (Å²) in [4.78, 5) is 21.7. The van der Waals surface area contributed by atoms with E-state index in [0.29, 0.717) is 29.3 Å². The molecule has 0 aromatic carbocycles. The highest BCUT2D eigenvalue weighted by atomic mass is 16.6. The Bertz CT molecular complexity index is 1370. The highest BCUT2D eigenvalue weighted by Gasteiger charge is 2.17. The number of carbonyl (C=O) groups is 1. The van der Waals surface area contributed by atoms with E-state index in [4.69, 9.17) is 10.00 Å². The van der Waals surface area contributed by atoms with Crippen LogP contribution in [-0.4, -0.2) is 71.9 Å². The molecule has 1 fully saturated rings. The molecule has 0 spiro atoms. The van der Waals surface area contributed by atoms with Crippen LogP contribution in [0.2, 0.25) is 0 Å². The number of nitriles is 1. The third kappa shape index (κ3) is 6.19. The molecule has 4 aromatic heterocycles. The van der Waals surface area contributed by atoms with Gasteiger partial charge in [-0.25, -0.2) is 14.8 Å². The van der Waals surface area contributed by atoms with Crippen LogP contribution in [0, 0.1) is 11.3 Å². The largest absolute Gasteiger partial charge is 0.450 e. The maximum atomic E-state index is 11.1. The Morgan fingerprint density at radius 3 is 2.65 bits per heavy atom. The van der Waals surface area contributed by atoms with E-state index in [-0.39, 0.29) is 12.1 Å². The maximum Gasteiger partial charge on any atom is 0.409 e. The minimum absolute atomic E-state index is 0.146. The quantitative estimate of drug-likeness (QED) is 0.414. The van der Waals surface area contributed by atoms with Crippen molar-refractivity contribution in [3.63, 3.8) is 0 Å². The molecule has 1 amide bonds. The number of piperidine rings is 1. The van der Waals surface area contributed by atoms with Gasteiger partial charge >= 0.3 is 6.09 Å². The van der Waals surface area contributed by atoms with Crippen LogP contribution in [0.3, 0.4) is 0 Å². The third-order valence-electron chi connectivity index (χ3n) is 5.66. The smallest absolute Gasteiger partial charge is 0.409 e. The highest BCUT2D eigenvalue weighted by Crippen LogP contribution is 2.28. The summed E-state index contributed by atoms with van der Waals surface area (Å²) in [5, 5.41) is 28.2.